The lowest BCUT2D eigenvalue weighted by Gasteiger charge is -2.20. The lowest BCUT2D eigenvalue weighted by molar-refractivity contribution is 0.517. The molecule has 3 aromatic heterocycles. The molecule has 3 heteroatoms. The van der Waals surface area contributed by atoms with Gasteiger partial charge in [-0.3, -0.25) is 0 Å². The molecule has 0 saturated carbocycles. The van der Waals surface area contributed by atoms with Crippen LogP contribution in [0.25, 0.3) is 30.3 Å². The van der Waals surface area contributed by atoms with Crippen LogP contribution in [0.3, 0.4) is 0 Å². The molecule has 0 N–H and O–H groups in total. The molecule has 0 nitrogen and oxygen atoms in total. The third-order valence-electron chi connectivity index (χ3n) is 6.38. The van der Waals surface area contributed by atoms with Gasteiger partial charge in [0.15, 0.2) is 0 Å². The SMILES string of the molecule is CCC(C)(C)c1ccc(-c2sc(-c3ccc(C(C)(C)CC)s3)c3ccccc23)s1. The molecule has 0 aliphatic heterocycles. The monoisotopic (exact) mass is 438 g/mol. The number of fused-ring (bicyclic) bond motifs is 1. The Morgan fingerprint density at radius 1 is 0.586 bits per heavy atom. The van der Waals surface area contributed by atoms with Gasteiger partial charge in [0.2, 0.25) is 0 Å². The molecule has 0 aliphatic rings. The van der Waals surface area contributed by atoms with Crippen LogP contribution in [0.5, 0.6) is 0 Å². The molecule has 152 valence electrons. The third kappa shape index (κ3) is 3.73. The molecule has 0 radical (unpaired) electrons. The van der Waals surface area contributed by atoms with Crippen molar-refractivity contribution in [3.8, 4) is 19.5 Å². The molecule has 0 spiro atoms. The molecule has 0 saturated heterocycles. The van der Waals surface area contributed by atoms with Crippen molar-refractivity contribution in [2.75, 3.05) is 0 Å². The average molecular weight is 439 g/mol. The van der Waals surface area contributed by atoms with Crippen molar-refractivity contribution in [1.29, 1.82) is 0 Å². The van der Waals surface area contributed by atoms with Gasteiger partial charge >= 0.3 is 0 Å². The largest absolute Gasteiger partial charge is 0.139 e. The Labute approximate surface area is 187 Å². The number of hydrogen-bond donors (Lipinski definition) is 0. The van der Waals surface area contributed by atoms with E-state index in [9.17, 15) is 0 Å². The zero-order valence-corrected chi connectivity index (χ0v) is 20.7. The van der Waals surface area contributed by atoms with E-state index in [1.165, 1.54) is 40.0 Å². The maximum absolute atomic E-state index is 2.35. The quantitative estimate of drug-likeness (QED) is 0.281. The molecule has 3 heterocycles. The third-order valence-corrected chi connectivity index (χ3v) is 10.9. The molecule has 4 aromatic rings. The van der Waals surface area contributed by atoms with Gasteiger partial charge in [-0.2, -0.15) is 0 Å². The summed E-state index contributed by atoms with van der Waals surface area (Å²) < 4.78 is 0. The maximum Gasteiger partial charge on any atom is 0.0528 e. The van der Waals surface area contributed by atoms with E-state index in [2.05, 4.69) is 90.1 Å². The van der Waals surface area contributed by atoms with Crippen LogP contribution in [-0.4, -0.2) is 0 Å². The van der Waals surface area contributed by atoms with E-state index in [1.807, 2.05) is 34.0 Å². The molecule has 0 amide bonds. The first kappa shape index (κ1) is 20.8. The van der Waals surface area contributed by atoms with Gasteiger partial charge in [0, 0.05) is 30.3 Å². The summed E-state index contributed by atoms with van der Waals surface area (Å²) in [4.78, 5) is 8.61. The zero-order valence-electron chi connectivity index (χ0n) is 18.3. The van der Waals surface area contributed by atoms with Gasteiger partial charge in [-0.05, 0) is 47.9 Å². The van der Waals surface area contributed by atoms with Gasteiger partial charge in [0.1, 0.15) is 0 Å². The number of benzene rings is 1. The number of thiophene rings is 3. The highest BCUT2D eigenvalue weighted by Gasteiger charge is 2.24. The molecule has 0 aliphatic carbocycles. The second kappa shape index (κ2) is 7.68. The van der Waals surface area contributed by atoms with Crippen LogP contribution in [0.15, 0.2) is 48.5 Å². The normalized spacial score (nSPS) is 12.8. The van der Waals surface area contributed by atoms with E-state index in [-0.39, 0.29) is 10.8 Å². The van der Waals surface area contributed by atoms with Crippen molar-refractivity contribution in [3.63, 3.8) is 0 Å². The molecule has 0 unspecified atom stereocenters. The fraction of sp³-hybridized carbons (Fsp3) is 0.385. The second-order valence-corrected chi connectivity index (χ2v) is 12.3. The van der Waals surface area contributed by atoms with E-state index in [0.29, 0.717) is 0 Å². The highest BCUT2D eigenvalue weighted by Crippen LogP contribution is 2.49. The predicted molar refractivity (Wildman–Crippen MR) is 135 cm³/mol. The van der Waals surface area contributed by atoms with Gasteiger partial charge in [-0.15, -0.1) is 34.0 Å². The summed E-state index contributed by atoms with van der Waals surface area (Å²) in [6.07, 6.45) is 2.32. The topological polar surface area (TPSA) is 0 Å². The van der Waals surface area contributed by atoms with Crippen LogP contribution in [0.4, 0.5) is 0 Å². The standard InChI is InChI=1S/C26H30S3/c1-7-25(3,4)21-15-13-19(27-21)23-17-11-9-10-12-18(17)24(29-23)20-14-16-22(28-20)26(5,6)8-2/h9-16H,7-8H2,1-6H3. The van der Waals surface area contributed by atoms with Crippen LogP contribution in [0, 0.1) is 0 Å². The minimum atomic E-state index is 0.243. The van der Waals surface area contributed by atoms with E-state index >= 15 is 0 Å². The molecular weight excluding hydrogens is 408 g/mol. The van der Waals surface area contributed by atoms with Gasteiger partial charge < -0.3 is 0 Å². The molecule has 0 fully saturated rings. The highest BCUT2D eigenvalue weighted by atomic mass is 32.1. The first-order valence-electron chi connectivity index (χ1n) is 10.5. The van der Waals surface area contributed by atoms with Crippen LogP contribution in [-0.2, 0) is 10.8 Å². The van der Waals surface area contributed by atoms with E-state index < -0.39 is 0 Å². The Hall–Kier alpha value is -1.42. The van der Waals surface area contributed by atoms with Gasteiger partial charge in [-0.25, -0.2) is 0 Å². The molecule has 4 rings (SSSR count). The van der Waals surface area contributed by atoms with Gasteiger partial charge in [0.05, 0.1) is 9.75 Å². The summed E-state index contributed by atoms with van der Waals surface area (Å²) in [6.45, 7) is 14.0. The van der Waals surface area contributed by atoms with Crippen molar-refractivity contribution < 1.29 is 0 Å². The lowest BCUT2D eigenvalue weighted by Crippen LogP contribution is -2.12. The zero-order chi connectivity index (χ0) is 20.8. The number of hydrogen-bond acceptors (Lipinski definition) is 3. The molecule has 0 bridgehead atoms. The Morgan fingerprint density at radius 2 is 1.00 bits per heavy atom. The molecule has 1 aromatic carbocycles. The smallest absolute Gasteiger partial charge is 0.0528 e. The van der Waals surface area contributed by atoms with Gasteiger partial charge in [-0.1, -0.05) is 65.8 Å². The van der Waals surface area contributed by atoms with Crippen LogP contribution < -0.4 is 0 Å². The lowest BCUT2D eigenvalue weighted by atomic mass is 9.89. The predicted octanol–water partition coefficient (Wildman–Crippen LogP) is 9.73. The van der Waals surface area contributed by atoms with Crippen molar-refractivity contribution in [1.82, 2.24) is 0 Å². The van der Waals surface area contributed by atoms with Crippen molar-refractivity contribution in [2.24, 2.45) is 0 Å². The maximum atomic E-state index is 2.35. The van der Waals surface area contributed by atoms with E-state index in [4.69, 9.17) is 0 Å². The highest BCUT2D eigenvalue weighted by molar-refractivity contribution is 7.28. The fourth-order valence-electron chi connectivity index (χ4n) is 3.45. The van der Waals surface area contributed by atoms with E-state index in [1.54, 1.807) is 0 Å². The van der Waals surface area contributed by atoms with Crippen LogP contribution in [0.2, 0.25) is 0 Å². The summed E-state index contributed by atoms with van der Waals surface area (Å²) in [7, 11) is 0. The van der Waals surface area contributed by atoms with Crippen molar-refractivity contribution in [3.05, 3.63) is 58.3 Å². The Kier molecular flexibility index (Phi) is 5.52. The Balaban J connectivity index is 1.83. The van der Waals surface area contributed by atoms with E-state index in [0.717, 1.165) is 12.8 Å². The summed E-state index contributed by atoms with van der Waals surface area (Å²) in [5.41, 5.74) is 0.487. The number of rotatable bonds is 6. The van der Waals surface area contributed by atoms with Crippen molar-refractivity contribution >= 4 is 44.8 Å². The Morgan fingerprint density at radius 3 is 1.38 bits per heavy atom. The molecular formula is C26H30S3. The first-order valence-corrected chi connectivity index (χ1v) is 12.9. The minimum absolute atomic E-state index is 0.243. The first-order chi connectivity index (χ1) is 13.8. The van der Waals surface area contributed by atoms with Crippen LogP contribution in [0.1, 0.15) is 64.1 Å². The fourth-order valence-corrected chi connectivity index (χ4v) is 7.34. The Bertz CT molecular complexity index is 1050. The summed E-state index contributed by atoms with van der Waals surface area (Å²) in [5, 5.41) is 2.78. The molecule has 29 heavy (non-hydrogen) atoms. The van der Waals surface area contributed by atoms with Crippen molar-refractivity contribution in [2.45, 2.75) is 65.2 Å². The van der Waals surface area contributed by atoms with Crippen LogP contribution >= 0.6 is 34.0 Å². The second-order valence-electron chi connectivity index (χ2n) is 9.11. The summed E-state index contributed by atoms with van der Waals surface area (Å²) >= 11 is 5.90. The average Bonchev–Trinajstić information content (AvgIpc) is 3.45. The van der Waals surface area contributed by atoms with Gasteiger partial charge in [0.25, 0.3) is 0 Å². The minimum Gasteiger partial charge on any atom is -0.139 e. The summed E-state index contributed by atoms with van der Waals surface area (Å²) in [6, 6.07) is 18.3. The molecule has 0 atom stereocenters. The summed E-state index contributed by atoms with van der Waals surface area (Å²) in [5.74, 6) is 0.